The zero-order valence-corrected chi connectivity index (χ0v) is 14.7. The number of carbonyl (C=O) groups is 1. The molecule has 1 atom stereocenters. The van der Waals surface area contributed by atoms with Crippen molar-refractivity contribution in [3.8, 4) is 0 Å². The van der Waals surface area contributed by atoms with Gasteiger partial charge in [-0.3, -0.25) is 0 Å². The molecule has 21 heavy (non-hydrogen) atoms. The van der Waals surface area contributed by atoms with Gasteiger partial charge < -0.3 is 10.0 Å². The number of carboxylic acid groups (broad SMARTS) is 1. The van der Waals surface area contributed by atoms with E-state index < -0.39 is 16.0 Å². The lowest BCUT2D eigenvalue weighted by atomic mass is 10.1. The molecule has 2 heterocycles. The largest absolute Gasteiger partial charge is 0.477 e. The van der Waals surface area contributed by atoms with Crippen LogP contribution >= 0.6 is 27.3 Å². The molecule has 0 aliphatic carbocycles. The van der Waals surface area contributed by atoms with E-state index in [1.165, 1.54) is 6.07 Å². The molecule has 9 heteroatoms. The van der Waals surface area contributed by atoms with Crippen molar-refractivity contribution >= 4 is 43.3 Å². The van der Waals surface area contributed by atoms with E-state index in [-0.39, 0.29) is 9.77 Å². The highest BCUT2D eigenvalue weighted by Gasteiger charge is 2.26. The quantitative estimate of drug-likeness (QED) is 0.765. The average Bonchev–Trinajstić information content (AvgIpc) is 3.03. The maximum atomic E-state index is 12.3. The van der Waals surface area contributed by atoms with Gasteiger partial charge in [0.15, 0.2) is 0 Å². The maximum absolute atomic E-state index is 12.3. The number of sulfonamides is 1. The molecular formula is C12H17BrN2O4S2. The molecule has 1 aromatic rings. The van der Waals surface area contributed by atoms with Crippen LogP contribution in [0.4, 0.5) is 0 Å². The van der Waals surface area contributed by atoms with Gasteiger partial charge in [0.05, 0.1) is 3.79 Å². The molecule has 0 aromatic carbocycles. The van der Waals surface area contributed by atoms with E-state index in [1.807, 2.05) is 0 Å². The monoisotopic (exact) mass is 396 g/mol. The highest BCUT2D eigenvalue weighted by molar-refractivity contribution is 9.11. The van der Waals surface area contributed by atoms with Crippen molar-refractivity contribution in [2.45, 2.75) is 18.2 Å². The summed E-state index contributed by atoms with van der Waals surface area (Å²) in [5, 5.41) is 8.92. The van der Waals surface area contributed by atoms with E-state index in [9.17, 15) is 13.2 Å². The topological polar surface area (TPSA) is 86.7 Å². The molecular weight excluding hydrogens is 380 g/mol. The van der Waals surface area contributed by atoms with Crippen molar-refractivity contribution in [2.75, 3.05) is 26.2 Å². The molecule has 0 radical (unpaired) electrons. The molecule has 0 saturated carbocycles. The number of hydrogen-bond donors (Lipinski definition) is 2. The molecule has 1 aliphatic heterocycles. The van der Waals surface area contributed by atoms with E-state index in [0.29, 0.717) is 16.2 Å². The van der Waals surface area contributed by atoms with Crippen LogP contribution in [0.25, 0.3) is 0 Å². The van der Waals surface area contributed by atoms with Gasteiger partial charge in [0.25, 0.3) is 0 Å². The molecule has 1 unspecified atom stereocenters. The summed E-state index contributed by atoms with van der Waals surface area (Å²) in [5.74, 6) is -0.826. The number of aromatic carboxylic acids is 1. The number of likely N-dealkylation sites (tertiary alicyclic amines) is 1. The lowest BCUT2D eigenvalue weighted by molar-refractivity contribution is 0.0702. The number of rotatable bonds is 6. The zero-order valence-electron chi connectivity index (χ0n) is 11.5. The minimum Gasteiger partial charge on any atom is -0.477 e. The van der Waals surface area contributed by atoms with Gasteiger partial charge in [0.2, 0.25) is 10.0 Å². The van der Waals surface area contributed by atoms with Gasteiger partial charge in [0.1, 0.15) is 9.77 Å². The fourth-order valence-electron chi connectivity index (χ4n) is 2.31. The first-order chi connectivity index (χ1) is 9.83. The van der Waals surface area contributed by atoms with Crippen LogP contribution in [0.15, 0.2) is 14.7 Å². The van der Waals surface area contributed by atoms with Gasteiger partial charge in [0, 0.05) is 13.1 Å². The first kappa shape index (κ1) is 16.9. The Morgan fingerprint density at radius 3 is 2.86 bits per heavy atom. The van der Waals surface area contributed by atoms with Crippen LogP contribution in [-0.4, -0.2) is 50.6 Å². The Hall–Kier alpha value is -0.480. The first-order valence-electron chi connectivity index (χ1n) is 6.58. The summed E-state index contributed by atoms with van der Waals surface area (Å²) < 4.78 is 27.4. The average molecular weight is 397 g/mol. The van der Waals surface area contributed by atoms with Gasteiger partial charge in [-0.25, -0.2) is 17.9 Å². The number of thiophene rings is 1. The number of nitrogens with zero attached hydrogens (tertiary/aromatic N) is 1. The van der Waals surface area contributed by atoms with Crippen LogP contribution in [0.5, 0.6) is 0 Å². The Balaban J connectivity index is 2.04. The third-order valence-corrected chi connectivity index (χ3v) is 7.20. The zero-order chi connectivity index (χ0) is 15.6. The van der Waals surface area contributed by atoms with Crippen molar-refractivity contribution < 1.29 is 18.3 Å². The summed E-state index contributed by atoms with van der Waals surface area (Å²) in [6, 6.07) is 1.19. The summed E-state index contributed by atoms with van der Waals surface area (Å²) in [7, 11) is -3.68. The summed E-state index contributed by atoms with van der Waals surface area (Å²) in [6.07, 6.45) is 0.974. The summed E-state index contributed by atoms with van der Waals surface area (Å²) >= 11 is 4.02. The molecule has 2 N–H and O–H groups in total. The third kappa shape index (κ3) is 4.04. The van der Waals surface area contributed by atoms with Crippen LogP contribution < -0.4 is 4.72 Å². The van der Waals surface area contributed by atoms with Crippen LogP contribution in [-0.2, 0) is 10.0 Å². The van der Waals surface area contributed by atoms with Crippen LogP contribution in [0.3, 0.4) is 0 Å². The summed E-state index contributed by atoms with van der Waals surface area (Å²) in [5.41, 5.74) is 0. The molecule has 1 aliphatic rings. The van der Waals surface area contributed by atoms with Crippen molar-refractivity contribution in [2.24, 2.45) is 5.92 Å². The Kier molecular flexibility index (Phi) is 5.42. The lowest BCUT2D eigenvalue weighted by Gasteiger charge is -2.13. The molecule has 0 bridgehead atoms. The Morgan fingerprint density at radius 2 is 2.33 bits per heavy atom. The van der Waals surface area contributed by atoms with Crippen molar-refractivity contribution in [3.05, 3.63) is 14.7 Å². The smallest absolute Gasteiger partial charge is 0.345 e. The summed E-state index contributed by atoms with van der Waals surface area (Å²) in [4.78, 5) is 13.2. The second kappa shape index (κ2) is 6.74. The minimum atomic E-state index is -3.68. The van der Waals surface area contributed by atoms with E-state index in [4.69, 9.17) is 5.11 Å². The molecule has 2 rings (SSSR count). The predicted octanol–water partition coefficient (Wildman–Crippen LogP) is 1.83. The highest BCUT2D eigenvalue weighted by Crippen LogP contribution is 2.31. The molecule has 1 saturated heterocycles. The van der Waals surface area contributed by atoms with E-state index >= 15 is 0 Å². The number of nitrogens with one attached hydrogen (secondary N) is 1. The molecule has 118 valence electrons. The first-order valence-corrected chi connectivity index (χ1v) is 9.67. The third-order valence-electron chi connectivity index (χ3n) is 3.53. The SMILES string of the molecule is CCN1CCC(CNS(=O)(=O)c2cc(C(=O)O)sc2Br)C1. The fraction of sp³-hybridized carbons (Fsp3) is 0.583. The Bertz CT molecular complexity index is 629. The van der Waals surface area contributed by atoms with Crippen LogP contribution in [0, 0.1) is 5.92 Å². The normalized spacial score (nSPS) is 20.0. The molecule has 1 aromatic heterocycles. The lowest BCUT2D eigenvalue weighted by Crippen LogP contribution is -2.31. The molecule has 0 amide bonds. The van der Waals surface area contributed by atoms with Gasteiger partial charge >= 0.3 is 5.97 Å². The predicted molar refractivity (Wildman–Crippen MR) is 84.4 cm³/mol. The van der Waals surface area contributed by atoms with E-state index in [0.717, 1.165) is 37.4 Å². The molecule has 0 spiro atoms. The van der Waals surface area contributed by atoms with Gasteiger partial charge in [-0.1, -0.05) is 6.92 Å². The highest BCUT2D eigenvalue weighted by atomic mass is 79.9. The van der Waals surface area contributed by atoms with Crippen molar-refractivity contribution in [1.29, 1.82) is 0 Å². The second-order valence-corrected chi connectivity index (χ2v) is 9.06. The van der Waals surface area contributed by atoms with E-state index in [1.54, 1.807) is 0 Å². The molecule has 6 nitrogen and oxygen atoms in total. The van der Waals surface area contributed by atoms with Crippen LogP contribution in [0.1, 0.15) is 23.0 Å². The molecule has 1 fully saturated rings. The van der Waals surface area contributed by atoms with Gasteiger partial charge in [-0.2, -0.15) is 0 Å². The van der Waals surface area contributed by atoms with Crippen LogP contribution in [0.2, 0.25) is 0 Å². The van der Waals surface area contributed by atoms with Gasteiger partial charge in [-0.05, 0) is 47.4 Å². The van der Waals surface area contributed by atoms with E-state index in [2.05, 4.69) is 32.5 Å². The number of hydrogen-bond acceptors (Lipinski definition) is 5. The van der Waals surface area contributed by atoms with Crippen molar-refractivity contribution in [3.63, 3.8) is 0 Å². The standard InChI is InChI=1S/C12H17BrN2O4S2/c1-2-15-4-3-8(7-15)6-14-21(18,19)10-5-9(12(16)17)20-11(10)13/h5,8,14H,2-4,6-7H2,1H3,(H,16,17). The minimum absolute atomic E-state index is 0.000254. The Morgan fingerprint density at radius 1 is 1.62 bits per heavy atom. The summed E-state index contributed by atoms with van der Waals surface area (Å²) in [6.45, 7) is 5.33. The fourth-order valence-corrected chi connectivity index (χ4v) is 5.83. The van der Waals surface area contributed by atoms with Crippen molar-refractivity contribution in [1.82, 2.24) is 9.62 Å². The number of carboxylic acids is 1. The Labute approximate surface area is 136 Å². The second-order valence-electron chi connectivity index (χ2n) is 4.95. The number of halogens is 1. The maximum Gasteiger partial charge on any atom is 0.345 e. The van der Waals surface area contributed by atoms with Gasteiger partial charge in [-0.15, -0.1) is 11.3 Å².